The van der Waals surface area contributed by atoms with Crippen LogP contribution in [0.2, 0.25) is 0 Å². The van der Waals surface area contributed by atoms with Crippen molar-refractivity contribution in [1.29, 1.82) is 5.26 Å². The number of nitrogens with one attached hydrogen (secondary N) is 1. The first-order chi connectivity index (χ1) is 11.3. The van der Waals surface area contributed by atoms with Crippen molar-refractivity contribution in [3.8, 4) is 6.07 Å². The molecule has 1 aromatic rings. The third-order valence-electron chi connectivity index (χ3n) is 5.10. The molecule has 0 spiro atoms. The Labute approximate surface area is 143 Å². The number of amides is 1. The van der Waals surface area contributed by atoms with Crippen LogP contribution in [-0.2, 0) is 11.2 Å². The molecule has 0 aromatic carbocycles. The van der Waals surface area contributed by atoms with Gasteiger partial charge >= 0.3 is 0 Å². The van der Waals surface area contributed by atoms with Crippen LogP contribution in [-0.4, -0.2) is 53.9 Å². The average Bonchev–Trinajstić information content (AvgIpc) is 2.89. The Hall–Kier alpha value is -2.13. The number of aromatic amines is 1. The highest BCUT2D eigenvalue weighted by Crippen LogP contribution is 2.22. The van der Waals surface area contributed by atoms with Crippen LogP contribution in [0, 0.1) is 31.1 Å². The molecule has 0 radical (unpaired) electrons. The maximum absolute atomic E-state index is 12.5. The van der Waals surface area contributed by atoms with Gasteiger partial charge in [0.1, 0.15) is 11.6 Å². The van der Waals surface area contributed by atoms with E-state index in [1.807, 2.05) is 32.0 Å². The molecule has 0 unspecified atom stereocenters. The first-order valence-corrected chi connectivity index (χ1v) is 8.32. The summed E-state index contributed by atoms with van der Waals surface area (Å²) in [5.74, 6) is 0.598. The standard InChI is InChI=1S/C18H26N4O2/c1-11-9-22(10-16(11)21(4)5)17(23)7-6-14-12(2)15(8-19)18(24)20-13(14)3/h11,16H,6-7,9-10H2,1-5H3,(H,20,24)/t11-,16-/m0/s1. The summed E-state index contributed by atoms with van der Waals surface area (Å²) in [6.45, 7) is 7.32. The monoisotopic (exact) mass is 330 g/mol. The number of carbonyl (C=O) groups excluding carboxylic acids is 1. The van der Waals surface area contributed by atoms with Gasteiger partial charge in [-0.25, -0.2) is 0 Å². The van der Waals surface area contributed by atoms with E-state index in [9.17, 15) is 9.59 Å². The van der Waals surface area contributed by atoms with E-state index >= 15 is 0 Å². The second-order valence-corrected chi connectivity index (χ2v) is 6.98. The van der Waals surface area contributed by atoms with Gasteiger partial charge in [-0.05, 0) is 51.4 Å². The molecule has 2 rings (SSSR count). The van der Waals surface area contributed by atoms with Gasteiger partial charge < -0.3 is 14.8 Å². The van der Waals surface area contributed by atoms with Gasteiger partial charge in [-0.2, -0.15) is 5.26 Å². The Balaban J connectivity index is 2.08. The third kappa shape index (κ3) is 3.51. The molecule has 24 heavy (non-hydrogen) atoms. The predicted octanol–water partition coefficient (Wildman–Crippen LogP) is 1.20. The lowest BCUT2D eigenvalue weighted by Crippen LogP contribution is -2.35. The number of carbonyl (C=O) groups is 1. The number of nitrogens with zero attached hydrogens (tertiary/aromatic N) is 3. The molecule has 1 N–H and O–H groups in total. The molecule has 1 aromatic heterocycles. The van der Waals surface area contributed by atoms with Crippen molar-refractivity contribution in [2.75, 3.05) is 27.2 Å². The second-order valence-electron chi connectivity index (χ2n) is 6.98. The molecule has 1 aliphatic rings. The van der Waals surface area contributed by atoms with Crippen LogP contribution >= 0.6 is 0 Å². The van der Waals surface area contributed by atoms with Gasteiger partial charge in [-0.1, -0.05) is 6.92 Å². The zero-order chi connectivity index (χ0) is 18.0. The molecular weight excluding hydrogens is 304 g/mol. The number of hydrogen-bond acceptors (Lipinski definition) is 4. The first kappa shape index (κ1) is 18.2. The smallest absolute Gasteiger partial charge is 0.266 e. The van der Waals surface area contributed by atoms with Crippen LogP contribution in [0.3, 0.4) is 0 Å². The maximum Gasteiger partial charge on any atom is 0.266 e. The van der Waals surface area contributed by atoms with Gasteiger partial charge in [0.05, 0.1) is 0 Å². The minimum Gasteiger partial charge on any atom is -0.341 e. The van der Waals surface area contributed by atoms with Gasteiger partial charge in [0.25, 0.3) is 5.56 Å². The van der Waals surface area contributed by atoms with Gasteiger partial charge in [0.15, 0.2) is 0 Å². The Kier molecular flexibility index (Phi) is 5.45. The van der Waals surface area contributed by atoms with Crippen molar-refractivity contribution in [3.63, 3.8) is 0 Å². The summed E-state index contributed by atoms with van der Waals surface area (Å²) >= 11 is 0. The van der Waals surface area contributed by atoms with E-state index in [1.165, 1.54) is 0 Å². The summed E-state index contributed by atoms with van der Waals surface area (Å²) < 4.78 is 0. The summed E-state index contributed by atoms with van der Waals surface area (Å²) in [7, 11) is 4.09. The number of aromatic nitrogens is 1. The topological polar surface area (TPSA) is 80.2 Å². The number of likely N-dealkylation sites (tertiary alicyclic amines) is 1. The fourth-order valence-corrected chi connectivity index (χ4v) is 3.64. The highest BCUT2D eigenvalue weighted by Gasteiger charge is 2.33. The minimum atomic E-state index is -0.357. The lowest BCUT2D eigenvalue weighted by Gasteiger charge is -2.22. The normalized spacial score (nSPS) is 20.5. The number of likely N-dealkylation sites (N-methyl/N-ethyl adjacent to an activating group) is 1. The van der Waals surface area contributed by atoms with Gasteiger partial charge in [0, 0.05) is 31.2 Å². The summed E-state index contributed by atoms with van der Waals surface area (Å²) in [5.41, 5.74) is 2.11. The Morgan fingerprint density at radius 3 is 2.58 bits per heavy atom. The molecule has 1 aliphatic heterocycles. The van der Waals surface area contributed by atoms with E-state index in [4.69, 9.17) is 5.26 Å². The molecule has 6 heteroatoms. The molecule has 1 saturated heterocycles. The number of hydrogen-bond donors (Lipinski definition) is 1. The largest absolute Gasteiger partial charge is 0.341 e. The summed E-state index contributed by atoms with van der Waals surface area (Å²) in [4.78, 5) is 31.1. The lowest BCUT2D eigenvalue weighted by atomic mass is 9.99. The number of aryl methyl sites for hydroxylation is 1. The molecule has 1 fully saturated rings. The quantitative estimate of drug-likeness (QED) is 0.900. The molecule has 0 aliphatic carbocycles. The van der Waals surface area contributed by atoms with Crippen molar-refractivity contribution in [2.24, 2.45) is 5.92 Å². The van der Waals surface area contributed by atoms with Crippen molar-refractivity contribution in [2.45, 2.75) is 39.7 Å². The van der Waals surface area contributed by atoms with Crippen molar-refractivity contribution >= 4 is 5.91 Å². The fourth-order valence-electron chi connectivity index (χ4n) is 3.64. The van der Waals surface area contributed by atoms with E-state index in [2.05, 4.69) is 16.8 Å². The van der Waals surface area contributed by atoms with Crippen LogP contribution in [0.15, 0.2) is 4.79 Å². The zero-order valence-electron chi connectivity index (χ0n) is 15.1. The maximum atomic E-state index is 12.5. The van der Waals surface area contributed by atoms with Gasteiger partial charge in [0.2, 0.25) is 5.91 Å². The zero-order valence-corrected chi connectivity index (χ0v) is 15.1. The molecule has 6 nitrogen and oxygen atoms in total. The molecule has 1 amide bonds. The van der Waals surface area contributed by atoms with Crippen molar-refractivity contribution < 1.29 is 4.79 Å². The predicted molar refractivity (Wildman–Crippen MR) is 92.8 cm³/mol. The Bertz CT molecular complexity index is 730. The highest BCUT2D eigenvalue weighted by atomic mass is 16.2. The molecule has 2 atom stereocenters. The summed E-state index contributed by atoms with van der Waals surface area (Å²) in [6, 6.07) is 2.35. The average molecular weight is 330 g/mol. The highest BCUT2D eigenvalue weighted by molar-refractivity contribution is 5.77. The van der Waals surface area contributed by atoms with E-state index in [-0.39, 0.29) is 17.0 Å². The fraction of sp³-hybridized carbons (Fsp3) is 0.611. The SMILES string of the molecule is Cc1[nH]c(=O)c(C#N)c(C)c1CCC(=O)N1C[C@H](C)[C@@H](N(C)C)C1. The first-order valence-electron chi connectivity index (χ1n) is 8.32. The minimum absolute atomic E-state index is 0.134. The van der Waals surface area contributed by atoms with E-state index in [1.54, 1.807) is 6.92 Å². The number of pyridine rings is 1. The molecule has 2 heterocycles. The van der Waals surface area contributed by atoms with Gasteiger partial charge in [-0.3, -0.25) is 9.59 Å². The lowest BCUT2D eigenvalue weighted by molar-refractivity contribution is -0.130. The molecule has 0 bridgehead atoms. The number of H-pyrrole nitrogens is 1. The van der Waals surface area contributed by atoms with Crippen LogP contribution in [0.4, 0.5) is 0 Å². The third-order valence-corrected chi connectivity index (χ3v) is 5.10. The number of nitriles is 1. The van der Waals surface area contributed by atoms with Crippen LogP contribution in [0.25, 0.3) is 0 Å². The molecule has 130 valence electrons. The van der Waals surface area contributed by atoms with Crippen LogP contribution in [0.1, 0.15) is 35.7 Å². The van der Waals surface area contributed by atoms with E-state index in [0.717, 1.165) is 24.3 Å². The second kappa shape index (κ2) is 7.18. The van der Waals surface area contributed by atoms with Crippen molar-refractivity contribution in [1.82, 2.24) is 14.8 Å². The van der Waals surface area contributed by atoms with Crippen molar-refractivity contribution in [3.05, 3.63) is 32.7 Å². The van der Waals surface area contributed by atoms with Gasteiger partial charge in [-0.15, -0.1) is 0 Å². The Morgan fingerprint density at radius 2 is 2.04 bits per heavy atom. The number of rotatable bonds is 4. The van der Waals surface area contributed by atoms with Crippen LogP contribution < -0.4 is 5.56 Å². The molecular formula is C18H26N4O2. The van der Waals surface area contributed by atoms with E-state index < -0.39 is 0 Å². The summed E-state index contributed by atoms with van der Waals surface area (Å²) in [5, 5.41) is 9.13. The van der Waals surface area contributed by atoms with E-state index in [0.29, 0.717) is 30.4 Å². The molecule has 0 saturated carbocycles. The van der Waals surface area contributed by atoms with Crippen LogP contribution in [0.5, 0.6) is 0 Å². The Morgan fingerprint density at radius 1 is 1.38 bits per heavy atom. The summed E-state index contributed by atoms with van der Waals surface area (Å²) in [6.07, 6.45) is 0.935.